The molecule has 0 unspecified atom stereocenters. The van der Waals surface area contributed by atoms with E-state index in [1.807, 2.05) is 19.9 Å². The molecule has 0 spiro atoms. The molecule has 1 rings (SSSR count). The number of hydrogen-bond acceptors (Lipinski definition) is 3. The van der Waals surface area contributed by atoms with E-state index in [1.165, 1.54) is 0 Å². The van der Waals surface area contributed by atoms with E-state index in [0.29, 0.717) is 5.92 Å². The molecule has 0 bridgehead atoms. The van der Waals surface area contributed by atoms with Gasteiger partial charge in [-0.1, -0.05) is 27.0 Å². The topological polar surface area (TPSA) is 25.2 Å². The van der Waals surface area contributed by atoms with E-state index < -0.39 is 0 Å². The first-order chi connectivity index (χ1) is 7.90. The summed E-state index contributed by atoms with van der Waals surface area (Å²) in [6.45, 7) is 17.1. The van der Waals surface area contributed by atoms with Gasteiger partial charge in [0, 0.05) is 16.8 Å². The minimum absolute atomic E-state index is 0.572. The highest BCUT2D eigenvalue weighted by Gasteiger charge is 1.98. The maximum atomic E-state index is 4.50. The summed E-state index contributed by atoms with van der Waals surface area (Å²) < 4.78 is 0.986. The lowest BCUT2D eigenvalue weighted by molar-refractivity contribution is 0.665. The van der Waals surface area contributed by atoms with Gasteiger partial charge in [0.15, 0.2) is 0 Å². The van der Waals surface area contributed by atoms with Gasteiger partial charge >= 0.3 is 0 Å². The molecule has 0 aromatic carbocycles. The van der Waals surface area contributed by atoms with Gasteiger partial charge in [-0.15, -0.1) is 11.3 Å². The predicted molar refractivity (Wildman–Crippen MR) is 78.0 cm³/mol. The van der Waals surface area contributed by atoms with Gasteiger partial charge < -0.3 is 0 Å². The van der Waals surface area contributed by atoms with Crippen molar-refractivity contribution in [2.24, 2.45) is 10.9 Å². The molecule has 0 saturated heterocycles. The Morgan fingerprint density at radius 2 is 2.18 bits per heavy atom. The number of hydrogen-bond donors (Lipinski definition) is 0. The van der Waals surface area contributed by atoms with Crippen LogP contribution >= 0.6 is 11.3 Å². The highest BCUT2D eigenvalue weighted by atomic mass is 32.1. The summed E-state index contributed by atoms with van der Waals surface area (Å²) in [5.41, 5.74) is 1.89. The summed E-state index contributed by atoms with van der Waals surface area (Å²) in [4.78, 5) is 8.91. The Hall–Kier alpha value is -1.22. The minimum Gasteiger partial charge on any atom is -0.289 e. The first-order valence-corrected chi connectivity index (χ1v) is 6.56. The van der Waals surface area contributed by atoms with Gasteiger partial charge in [0.05, 0.1) is 10.4 Å². The third-order valence-electron chi connectivity index (χ3n) is 2.30. The van der Waals surface area contributed by atoms with Crippen LogP contribution in [0.2, 0.25) is 0 Å². The second kappa shape index (κ2) is 5.92. The van der Waals surface area contributed by atoms with Gasteiger partial charge in [-0.25, -0.2) is 4.98 Å². The molecule has 1 aromatic heterocycles. The second-order valence-electron chi connectivity index (χ2n) is 4.53. The van der Waals surface area contributed by atoms with Crippen molar-refractivity contribution in [3.63, 3.8) is 0 Å². The Kier molecular flexibility index (Phi) is 4.82. The van der Waals surface area contributed by atoms with Gasteiger partial charge in [-0.2, -0.15) is 0 Å². The molecule has 92 valence electrons. The van der Waals surface area contributed by atoms with E-state index in [1.54, 1.807) is 11.3 Å². The summed E-state index contributed by atoms with van der Waals surface area (Å²) >= 11 is 1.61. The number of aromatic nitrogens is 1. The minimum atomic E-state index is 0.572. The molecule has 0 radical (unpaired) electrons. The molecule has 0 fully saturated rings. The van der Waals surface area contributed by atoms with Crippen LogP contribution in [-0.2, 0) is 0 Å². The molecule has 1 heterocycles. The average molecular weight is 248 g/mol. The molecule has 1 aromatic rings. The quantitative estimate of drug-likeness (QED) is 0.751. The monoisotopic (exact) mass is 248 g/mol. The molecule has 0 saturated carbocycles. The molecule has 3 heteroatoms. The predicted octanol–water partition coefficient (Wildman–Crippen LogP) is 2.32. The van der Waals surface area contributed by atoms with Crippen molar-refractivity contribution in [1.29, 1.82) is 0 Å². The van der Waals surface area contributed by atoms with Crippen LogP contribution < -0.4 is 9.88 Å². The SMILES string of the molecule is C=C(/C=c1/nc(C)sc1=C)C(C)=NCC(C)C. The number of thiazole rings is 1. The van der Waals surface area contributed by atoms with E-state index in [-0.39, 0.29) is 0 Å². The zero-order valence-corrected chi connectivity index (χ0v) is 11.9. The smallest absolute Gasteiger partial charge is 0.0907 e. The Morgan fingerprint density at radius 1 is 1.53 bits per heavy atom. The van der Waals surface area contributed by atoms with Gasteiger partial charge in [0.2, 0.25) is 0 Å². The summed E-state index contributed by atoms with van der Waals surface area (Å²) in [5, 5.41) is 1.95. The van der Waals surface area contributed by atoms with Crippen molar-refractivity contribution in [2.75, 3.05) is 6.54 Å². The first kappa shape index (κ1) is 13.8. The van der Waals surface area contributed by atoms with Crippen molar-refractivity contribution in [2.45, 2.75) is 27.7 Å². The third kappa shape index (κ3) is 4.27. The summed E-state index contributed by atoms with van der Waals surface area (Å²) in [6.07, 6.45) is 1.96. The van der Waals surface area contributed by atoms with Gasteiger partial charge in [-0.05, 0) is 31.4 Å². The standard InChI is InChI=1S/C14H20N2S/c1-9(2)8-15-11(4)10(3)7-14-12(5)17-13(6)16-14/h7,9H,3,5,8H2,1-2,4,6H3/b14-7+,15-11?. The number of allylic oxidation sites excluding steroid dienone is 1. The Balaban J connectivity index is 2.93. The first-order valence-electron chi connectivity index (χ1n) is 5.74. The van der Waals surface area contributed by atoms with E-state index in [0.717, 1.165) is 32.7 Å². The highest BCUT2D eigenvalue weighted by molar-refractivity contribution is 7.09. The van der Waals surface area contributed by atoms with Crippen LogP contribution in [0.5, 0.6) is 0 Å². The molecule has 0 aliphatic rings. The van der Waals surface area contributed by atoms with Gasteiger partial charge in [0.1, 0.15) is 0 Å². The average Bonchev–Trinajstić information content (AvgIpc) is 2.53. The Bertz CT molecular complexity index is 535. The van der Waals surface area contributed by atoms with Crippen LogP contribution in [0.3, 0.4) is 0 Å². The highest BCUT2D eigenvalue weighted by Crippen LogP contribution is 2.00. The van der Waals surface area contributed by atoms with Crippen LogP contribution in [0.4, 0.5) is 0 Å². The number of aliphatic imine (C=N–C) groups is 1. The lowest BCUT2D eigenvalue weighted by Crippen LogP contribution is -2.20. The number of aryl methyl sites for hydroxylation is 1. The fourth-order valence-electron chi connectivity index (χ4n) is 1.29. The molecular weight excluding hydrogens is 228 g/mol. The van der Waals surface area contributed by atoms with Crippen molar-refractivity contribution in [3.05, 3.63) is 27.0 Å². The lowest BCUT2D eigenvalue weighted by Gasteiger charge is -2.02. The van der Waals surface area contributed by atoms with Crippen molar-refractivity contribution in [1.82, 2.24) is 4.98 Å². The fraction of sp³-hybridized carbons (Fsp3) is 0.429. The fourth-order valence-corrected chi connectivity index (χ4v) is 2.00. The van der Waals surface area contributed by atoms with Gasteiger partial charge in [-0.3, -0.25) is 4.99 Å². The Morgan fingerprint density at radius 3 is 2.65 bits per heavy atom. The molecule has 0 amide bonds. The second-order valence-corrected chi connectivity index (χ2v) is 5.82. The molecule has 0 aliphatic carbocycles. The zero-order chi connectivity index (χ0) is 13.0. The number of nitrogens with zero attached hydrogens (tertiary/aromatic N) is 2. The summed E-state index contributed by atoms with van der Waals surface area (Å²) in [7, 11) is 0. The number of rotatable bonds is 4. The van der Waals surface area contributed by atoms with Crippen molar-refractivity contribution < 1.29 is 0 Å². The summed E-state index contributed by atoms with van der Waals surface area (Å²) in [5.74, 6) is 0.572. The molecule has 17 heavy (non-hydrogen) atoms. The molecular formula is C14H20N2S. The zero-order valence-electron chi connectivity index (χ0n) is 11.1. The Labute approximate surface area is 107 Å². The van der Waals surface area contributed by atoms with E-state index >= 15 is 0 Å². The van der Waals surface area contributed by atoms with Crippen LogP contribution in [0.25, 0.3) is 12.7 Å². The van der Waals surface area contributed by atoms with E-state index in [4.69, 9.17) is 0 Å². The van der Waals surface area contributed by atoms with E-state index in [9.17, 15) is 0 Å². The van der Waals surface area contributed by atoms with Crippen LogP contribution in [0, 0.1) is 12.8 Å². The van der Waals surface area contributed by atoms with Crippen molar-refractivity contribution in [3.8, 4) is 0 Å². The van der Waals surface area contributed by atoms with Crippen LogP contribution in [0.1, 0.15) is 25.8 Å². The van der Waals surface area contributed by atoms with E-state index in [2.05, 4.69) is 37.0 Å². The van der Waals surface area contributed by atoms with Gasteiger partial charge in [0.25, 0.3) is 0 Å². The molecule has 0 atom stereocenters. The molecule has 0 N–H and O–H groups in total. The largest absolute Gasteiger partial charge is 0.289 e. The van der Waals surface area contributed by atoms with Crippen LogP contribution in [-0.4, -0.2) is 17.2 Å². The molecule has 2 nitrogen and oxygen atoms in total. The third-order valence-corrected chi connectivity index (χ3v) is 3.15. The maximum absolute atomic E-state index is 4.50. The molecule has 0 aliphatic heterocycles. The van der Waals surface area contributed by atoms with Crippen molar-refractivity contribution >= 4 is 29.7 Å². The summed E-state index contributed by atoms with van der Waals surface area (Å²) in [6, 6.07) is 0. The van der Waals surface area contributed by atoms with Crippen LogP contribution in [0.15, 0.2) is 17.1 Å². The lowest BCUT2D eigenvalue weighted by atomic mass is 10.1. The maximum Gasteiger partial charge on any atom is 0.0907 e. The normalized spacial score (nSPS) is 13.5.